The lowest BCUT2D eigenvalue weighted by molar-refractivity contribution is 0.307. The van der Waals surface area contributed by atoms with Crippen molar-refractivity contribution in [3.63, 3.8) is 0 Å². The number of benzene rings is 2. The monoisotopic (exact) mass is 269 g/mol. The van der Waals surface area contributed by atoms with Gasteiger partial charge in [-0.3, -0.25) is 0 Å². The van der Waals surface area contributed by atoms with E-state index in [-0.39, 0.29) is 5.41 Å². The lowest BCUT2D eigenvalue weighted by atomic mass is 9.87. The zero-order chi connectivity index (χ0) is 14.8. The van der Waals surface area contributed by atoms with Crippen molar-refractivity contribution in [2.75, 3.05) is 5.73 Å². The fraction of sp³-hybridized carbons (Fsp3) is 0.333. The van der Waals surface area contributed by atoms with Crippen LogP contribution in [0.3, 0.4) is 0 Å². The van der Waals surface area contributed by atoms with Gasteiger partial charge < -0.3 is 10.5 Å². The maximum atomic E-state index is 5.91. The normalized spacial score (nSPS) is 11.4. The van der Waals surface area contributed by atoms with Crippen molar-refractivity contribution in [3.8, 4) is 5.75 Å². The van der Waals surface area contributed by atoms with Gasteiger partial charge in [0.2, 0.25) is 0 Å². The smallest absolute Gasteiger partial charge is 0.142 e. The average molecular weight is 269 g/mol. The molecule has 0 aliphatic carbocycles. The van der Waals surface area contributed by atoms with Gasteiger partial charge in [-0.1, -0.05) is 51.1 Å². The molecule has 2 aromatic carbocycles. The summed E-state index contributed by atoms with van der Waals surface area (Å²) < 4.78 is 5.80. The molecule has 0 radical (unpaired) electrons. The van der Waals surface area contributed by atoms with Crippen molar-refractivity contribution in [2.24, 2.45) is 0 Å². The molecule has 0 bridgehead atoms. The zero-order valence-corrected chi connectivity index (χ0v) is 12.7. The molecule has 0 aromatic heterocycles. The van der Waals surface area contributed by atoms with Crippen LogP contribution in [0.5, 0.6) is 5.75 Å². The number of anilines is 1. The second kappa shape index (κ2) is 5.58. The van der Waals surface area contributed by atoms with E-state index in [1.165, 1.54) is 5.56 Å². The summed E-state index contributed by atoms with van der Waals surface area (Å²) >= 11 is 0. The summed E-state index contributed by atoms with van der Waals surface area (Å²) in [6.07, 6.45) is 0. The minimum Gasteiger partial charge on any atom is -0.487 e. The minimum absolute atomic E-state index is 0.181. The Bertz CT molecular complexity index is 579. The second-order valence-electron chi connectivity index (χ2n) is 6.28. The first-order chi connectivity index (χ1) is 9.36. The van der Waals surface area contributed by atoms with Crippen molar-refractivity contribution in [1.29, 1.82) is 0 Å². The molecular formula is C18H23NO. The molecule has 0 aliphatic heterocycles. The van der Waals surface area contributed by atoms with Crippen LogP contribution in [0.4, 0.5) is 5.69 Å². The van der Waals surface area contributed by atoms with E-state index in [9.17, 15) is 0 Å². The van der Waals surface area contributed by atoms with Gasteiger partial charge in [-0.15, -0.1) is 0 Å². The summed E-state index contributed by atoms with van der Waals surface area (Å²) in [6.45, 7) is 9.21. The molecule has 2 heteroatoms. The number of ether oxygens (including phenoxy) is 1. The second-order valence-corrected chi connectivity index (χ2v) is 6.28. The highest BCUT2D eigenvalue weighted by Crippen LogP contribution is 2.25. The van der Waals surface area contributed by atoms with Crippen molar-refractivity contribution < 1.29 is 4.74 Å². The van der Waals surface area contributed by atoms with E-state index in [1.807, 2.05) is 25.1 Å². The molecular weight excluding hydrogens is 246 g/mol. The van der Waals surface area contributed by atoms with Gasteiger partial charge in [-0.2, -0.15) is 0 Å². The van der Waals surface area contributed by atoms with Crippen molar-refractivity contribution >= 4 is 5.69 Å². The van der Waals surface area contributed by atoms with E-state index < -0.39 is 0 Å². The zero-order valence-electron chi connectivity index (χ0n) is 12.7. The number of aryl methyl sites for hydroxylation is 1. The molecule has 0 fully saturated rings. The molecule has 0 saturated heterocycles. The molecule has 2 nitrogen and oxygen atoms in total. The third-order valence-corrected chi connectivity index (χ3v) is 3.38. The number of rotatable bonds is 3. The van der Waals surface area contributed by atoms with Crippen molar-refractivity contribution in [2.45, 2.75) is 39.7 Å². The van der Waals surface area contributed by atoms with Crippen molar-refractivity contribution in [3.05, 3.63) is 59.2 Å². The molecule has 2 aromatic rings. The standard InChI is InChI=1S/C18H23NO/c1-13-5-10-16(19)17(11-13)20-12-14-6-8-15(9-7-14)18(2,3)4/h5-11H,12,19H2,1-4H3. The lowest BCUT2D eigenvalue weighted by Gasteiger charge is -2.19. The predicted octanol–water partition coefficient (Wildman–Crippen LogP) is 4.45. The largest absolute Gasteiger partial charge is 0.487 e. The van der Waals surface area contributed by atoms with E-state index in [2.05, 4.69) is 45.0 Å². The van der Waals surface area contributed by atoms with E-state index in [0.717, 1.165) is 16.9 Å². The summed E-state index contributed by atoms with van der Waals surface area (Å²) in [6, 6.07) is 14.4. The fourth-order valence-electron chi connectivity index (χ4n) is 2.03. The van der Waals surface area contributed by atoms with Crippen LogP contribution in [-0.4, -0.2) is 0 Å². The molecule has 2 N–H and O–H groups in total. The first kappa shape index (κ1) is 14.4. The van der Waals surface area contributed by atoms with Crippen LogP contribution < -0.4 is 10.5 Å². The van der Waals surface area contributed by atoms with Gasteiger partial charge in [0, 0.05) is 0 Å². The van der Waals surface area contributed by atoms with Crippen LogP contribution in [0, 0.1) is 6.92 Å². The third kappa shape index (κ3) is 3.53. The maximum Gasteiger partial charge on any atom is 0.142 e. The van der Waals surface area contributed by atoms with Crippen LogP contribution in [0.2, 0.25) is 0 Å². The minimum atomic E-state index is 0.181. The van der Waals surface area contributed by atoms with Crippen LogP contribution in [0.25, 0.3) is 0 Å². The molecule has 0 aliphatic rings. The summed E-state index contributed by atoms with van der Waals surface area (Å²) in [4.78, 5) is 0. The third-order valence-electron chi connectivity index (χ3n) is 3.38. The number of hydrogen-bond acceptors (Lipinski definition) is 2. The molecule has 20 heavy (non-hydrogen) atoms. The van der Waals surface area contributed by atoms with Gasteiger partial charge in [0.15, 0.2) is 0 Å². The summed E-state index contributed by atoms with van der Waals surface area (Å²) in [5.41, 5.74) is 10.4. The van der Waals surface area contributed by atoms with Crippen LogP contribution in [0.1, 0.15) is 37.5 Å². The molecule has 0 saturated carbocycles. The molecule has 0 heterocycles. The Morgan fingerprint density at radius 2 is 1.65 bits per heavy atom. The van der Waals surface area contributed by atoms with Crippen LogP contribution in [-0.2, 0) is 12.0 Å². The Hall–Kier alpha value is -1.96. The fourth-order valence-corrected chi connectivity index (χ4v) is 2.03. The highest BCUT2D eigenvalue weighted by Gasteiger charge is 2.12. The Kier molecular flexibility index (Phi) is 4.03. The molecule has 2 rings (SSSR count). The summed E-state index contributed by atoms with van der Waals surface area (Å²) in [7, 11) is 0. The van der Waals surface area contributed by atoms with E-state index in [1.54, 1.807) is 0 Å². The Balaban J connectivity index is 2.06. The number of hydrogen-bond donors (Lipinski definition) is 1. The molecule has 0 unspecified atom stereocenters. The topological polar surface area (TPSA) is 35.2 Å². The first-order valence-corrected chi connectivity index (χ1v) is 6.94. The quantitative estimate of drug-likeness (QED) is 0.835. The molecule has 0 amide bonds. The maximum absolute atomic E-state index is 5.91. The van der Waals surface area contributed by atoms with E-state index in [4.69, 9.17) is 10.5 Å². The summed E-state index contributed by atoms with van der Waals surface area (Å²) in [5, 5.41) is 0. The average Bonchev–Trinajstić information content (AvgIpc) is 2.39. The Morgan fingerprint density at radius 1 is 1.00 bits per heavy atom. The molecule has 0 atom stereocenters. The number of nitrogen functional groups attached to an aromatic ring is 1. The van der Waals surface area contributed by atoms with Crippen LogP contribution >= 0.6 is 0 Å². The predicted molar refractivity (Wildman–Crippen MR) is 85.1 cm³/mol. The first-order valence-electron chi connectivity index (χ1n) is 6.94. The van der Waals surface area contributed by atoms with Gasteiger partial charge in [-0.25, -0.2) is 0 Å². The van der Waals surface area contributed by atoms with E-state index in [0.29, 0.717) is 12.3 Å². The van der Waals surface area contributed by atoms with Gasteiger partial charge in [0.05, 0.1) is 5.69 Å². The molecule has 0 spiro atoms. The highest BCUT2D eigenvalue weighted by molar-refractivity contribution is 5.53. The van der Waals surface area contributed by atoms with E-state index >= 15 is 0 Å². The number of nitrogens with two attached hydrogens (primary N) is 1. The molecule has 106 valence electrons. The highest BCUT2D eigenvalue weighted by atomic mass is 16.5. The lowest BCUT2D eigenvalue weighted by Crippen LogP contribution is -2.10. The SMILES string of the molecule is Cc1ccc(N)c(OCc2ccc(C(C)(C)C)cc2)c1. The Labute approximate surface area is 121 Å². The van der Waals surface area contributed by atoms with Gasteiger partial charge >= 0.3 is 0 Å². The van der Waals surface area contributed by atoms with Gasteiger partial charge in [-0.05, 0) is 41.2 Å². The van der Waals surface area contributed by atoms with Gasteiger partial charge in [0.25, 0.3) is 0 Å². The summed E-state index contributed by atoms with van der Waals surface area (Å²) in [5.74, 6) is 0.755. The van der Waals surface area contributed by atoms with Crippen LogP contribution in [0.15, 0.2) is 42.5 Å². The van der Waals surface area contributed by atoms with Crippen molar-refractivity contribution in [1.82, 2.24) is 0 Å². The van der Waals surface area contributed by atoms with Gasteiger partial charge in [0.1, 0.15) is 12.4 Å². The Morgan fingerprint density at radius 3 is 2.25 bits per heavy atom.